The number of hydrogen-bond donors (Lipinski definition) is 2. The van der Waals surface area contributed by atoms with Crippen molar-refractivity contribution < 1.29 is 4.79 Å². The molecule has 0 bridgehead atoms. The van der Waals surface area contributed by atoms with Crippen molar-refractivity contribution in [2.75, 3.05) is 20.1 Å². The first-order chi connectivity index (χ1) is 9.22. The Balaban J connectivity index is 0.00000110. The maximum atomic E-state index is 12.4. The zero-order valence-corrected chi connectivity index (χ0v) is 14.5. The Bertz CT molecular complexity index is 321. The van der Waals surface area contributed by atoms with Crippen LogP contribution in [0.15, 0.2) is 0 Å². The highest BCUT2D eigenvalue weighted by Gasteiger charge is 2.38. The maximum Gasteiger partial charge on any atom is 0.237 e. The monoisotopic (exact) mass is 337 g/mol. The third-order valence-corrected chi connectivity index (χ3v) is 5.24. The van der Waals surface area contributed by atoms with Crippen LogP contribution >= 0.6 is 24.8 Å². The summed E-state index contributed by atoms with van der Waals surface area (Å²) >= 11 is 0. The van der Waals surface area contributed by atoms with Gasteiger partial charge >= 0.3 is 0 Å². The van der Waals surface area contributed by atoms with Crippen LogP contribution in [0.1, 0.15) is 44.9 Å². The van der Waals surface area contributed by atoms with Gasteiger partial charge in [-0.15, -0.1) is 24.8 Å². The molecule has 2 aliphatic heterocycles. The molecule has 3 aliphatic rings. The zero-order valence-electron chi connectivity index (χ0n) is 12.8. The lowest BCUT2D eigenvalue weighted by molar-refractivity contribution is -0.123. The average molecular weight is 338 g/mol. The molecule has 1 amide bonds. The second-order valence-electron chi connectivity index (χ2n) is 6.69. The summed E-state index contributed by atoms with van der Waals surface area (Å²) in [6, 6.07) is 1.09. The minimum absolute atomic E-state index is 0. The molecule has 6 heteroatoms. The number of nitrogens with zero attached hydrogens (tertiary/aromatic N) is 1. The Morgan fingerprint density at radius 3 is 2.43 bits per heavy atom. The molecule has 21 heavy (non-hydrogen) atoms. The fraction of sp³-hybridized carbons (Fsp3) is 0.933. The number of fused-ring (bicyclic) bond motifs is 1. The molecule has 0 spiro atoms. The molecule has 2 N–H and O–H groups in total. The van der Waals surface area contributed by atoms with E-state index in [2.05, 4.69) is 22.6 Å². The molecule has 2 saturated heterocycles. The molecule has 0 aromatic carbocycles. The van der Waals surface area contributed by atoms with E-state index in [0.29, 0.717) is 12.1 Å². The molecule has 3 unspecified atom stereocenters. The fourth-order valence-corrected chi connectivity index (χ4v) is 3.98. The van der Waals surface area contributed by atoms with Crippen LogP contribution in [-0.2, 0) is 4.79 Å². The number of piperidine rings is 1. The lowest BCUT2D eigenvalue weighted by atomic mass is 9.85. The van der Waals surface area contributed by atoms with Crippen molar-refractivity contribution in [1.82, 2.24) is 15.5 Å². The minimum atomic E-state index is 0. The quantitative estimate of drug-likeness (QED) is 0.809. The van der Waals surface area contributed by atoms with Crippen molar-refractivity contribution in [3.05, 3.63) is 0 Å². The lowest BCUT2D eigenvalue weighted by Crippen LogP contribution is -2.49. The topological polar surface area (TPSA) is 44.4 Å². The van der Waals surface area contributed by atoms with Crippen molar-refractivity contribution in [2.24, 2.45) is 5.92 Å². The van der Waals surface area contributed by atoms with Gasteiger partial charge in [-0.2, -0.15) is 0 Å². The molecule has 124 valence electrons. The van der Waals surface area contributed by atoms with Crippen LogP contribution in [0.3, 0.4) is 0 Å². The first-order valence-corrected chi connectivity index (χ1v) is 7.97. The number of carbonyl (C=O) groups is 1. The van der Waals surface area contributed by atoms with E-state index in [-0.39, 0.29) is 36.8 Å². The Morgan fingerprint density at radius 2 is 1.76 bits per heavy atom. The van der Waals surface area contributed by atoms with Gasteiger partial charge in [-0.1, -0.05) is 12.8 Å². The van der Waals surface area contributed by atoms with E-state index in [1.54, 1.807) is 0 Å². The van der Waals surface area contributed by atoms with Gasteiger partial charge in [-0.3, -0.25) is 4.79 Å². The van der Waals surface area contributed by atoms with Gasteiger partial charge in [0, 0.05) is 12.1 Å². The van der Waals surface area contributed by atoms with Crippen molar-refractivity contribution in [3.8, 4) is 0 Å². The molecule has 0 aromatic rings. The maximum absolute atomic E-state index is 12.4. The first kappa shape index (κ1) is 19.0. The first-order valence-electron chi connectivity index (χ1n) is 7.97. The fourth-order valence-electron chi connectivity index (χ4n) is 3.98. The highest BCUT2D eigenvalue weighted by Crippen LogP contribution is 2.33. The Labute approximate surface area is 140 Å². The predicted molar refractivity (Wildman–Crippen MR) is 90.4 cm³/mol. The standard InChI is InChI=1S/C15H27N3O.2ClH/c1-18-8-6-12(7-9-18)16-15(19)14-10-11-4-2-3-5-13(11)17-14;;/h11-14,17H,2-10H2,1H3,(H,16,19);2*1H. The van der Waals surface area contributed by atoms with E-state index in [4.69, 9.17) is 0 Å². The van der Waals surface area contributed by atoms with Gasteiger partial charge in [-0.25, -0.2) is 0 Å². The number of amides is 1. The molecule has 3 atom stereocenters. The smallest absolute Gasteiger partial charge is 0.237 e. The molecule has 1 saturated carbocycles. The molecule has 1 aliphatic carbocycles. The van der Waals surface area contributed by atoms with Crippen LogP contribution in [0.4, 0.5) is 0 Å². The van der Waals surface area contributed by atoms with Gasteiger partial charge in [0.05, 0.1) is 6.04 Å². The summed E-state index contributed by atoms with van der Waals surface area (Å²) in [6.07, 6.45) is 8.52. The van der Waals surface area contributed by atoms with E-state index in [1.807, 2.05) is 0 Å². The van der Waals surface area contributed by atoms with Gasteiger partial charge in [0.2, 0.25) is 5.91 Å². The van der Waals surface area contributed by atoms with Crippen molar-refractivity contribution >= 4 is 30.7 Å². The van der Waals surface area contributed by atoms with Crippen LogP contribution in [-0.4, -0.2) is 49.1 Å². The summed E-state index contributed by atoms with van der Waals surface area (Å²) in [5.74, 6) is 1.01. The van der Waals surface area contributed by atoms with Gasteiger partial charge in [0.25, 0.3) is 0 Å². The second kappa shape index (κ2) is 8.56. The predicted octanol–water partition coefficient (Wildman–Crippen LogP) is 1.96. The summed E-state index contributed by atoms with van der Waals surface area (Å²) < 4.78 is 0. The zero-order chi connectivity index (χ0) is 13.2. The molecule has 2 heterocycles. The Hall–Kier alpha value is -0.0300. The van der Waals surface area contributed by atoms with Crippen LogP contribution < -0.4 is 10.6 Å². The Kier molecular flexibility index (Phi) is 7.75. The van der Waals surface area contributed by atoms with Crippen molar-refractivity contribution in [3.63, 3.8) is 0 Å². The molecule has 3 rings (SSSR count). The molecule has 4 nitrogen and oxygen atoms in total. The number of halogens is 2. The average Bonchev–Trinajstić information content (AvgIpc) is 2.85. The molecule has 0 aromatic heterocycles. The van der Waals surface area contributed by atoms with Crippen molar-refractivity contribution in [2.45, 2.75) is 63.1 Å². The van der Waals surface area contributed by atoms with Crippen LogP contribution in [0, 0.1) is 5.92 Å². The second-order valence-corrected chi connectivity index (χ2v) is 6.69. The summed E-state index contributed by atoms with van der Waals surface area (Å²) in [7, 11) is 2.15. The SMILES string of the molecule is CN1CCC(NC(=O)C2CC3CCCCC3N2)CC1.Cl.Cl. The van der Waals surface area contributed by atoms with E-state index in [9.17, 15) is 4.79 Å². The third-order valence-electron chi connectivity index (χ3n) is 5.24. The van der Waals surface area contributed by atoms with Crippen LogP contribution in [0.2, 0.25) is 0 Å². The summed E-state index contributed by atoms with van der Waals surface area (Å²) in [6.45, 7) is 2.21. The largest absolute Gasteiger partial charge is 0.352 e. The highest BCUT2D eigenvalue weighted by atomic mass is 35.5. The number of nitrogens with one attached hydrogen (secondary N) is 2. The number of hydrogen-bond acceptors (Lipinski definition) is 3. The van der Waals surface area contributed by atoms with Gasteiger partial charge in [-0.05, 0) is 58.2 Å². The number of likely N-dealkylation sites (tertiary alicyclic amines) is 1. The van der Waals surface area contributed by atoms with Gasteiger partial charge < -0.3 is 15.5 Å². The van der Waals surface area contributed by atoms with E-state index in [0.717, 1.165) is 38.3 Å². The number of rotatable bonds is 2. The number of carbonyl (C=O) groups excluding carboxylic acids is 1. The van der Waals surface area contributed by atoms with E-state index >= 15 is 0 Å². The normalized spacial score (nSPS) is 33.5. The van der Waals surface area contributed by atoms with Gasteiger partial charge in [0.15, 0.2) is 0 Å². The van der Waals surface area contributed by atoms with Crippen LogP contribution in [0.25, 0.3) is 0 Å². The lowest BCUT2D eigenvalue weighted by Gasteiger charge is -2.30. The minimum Gasteiger partial charge on any atom is -0.352 e. The Morgan fingerprint density at radius 1 is 1.10 bits per heavy atom. The summed E-state index contributed by atoms with van der Waals surface area (Å²) in [5, 5.41) is 6.83. The third kappa shape index (κ3) is 4.72. The molecular formula is C15H29Cl2N3O. The van der Waals surface area contributed by atoms with E-state index in [1.165, 1.54) is 25.7 Å². The van der Waals surface area contributed by atoms with Crippen LogP contribution in [0.5, 0.6) is 0 Å². The summed E-state index contributed by atoms with van der Waals surface area (Å²) in [4.78, 5) is 14.7. The summed E-state index contributed by atoms with van der Waals surface area (Å²) in [5.41, 5.74) is 0. The molecular weight excluding hydrogens is 309 g/mol. The van der Waals surface area contributed by atoms with Crippen molar-refractivity contribution in [1.29, 1.82) is 0 Å². The molecule has 3 fully saturated rings. The highest BCUT2D eigenvalue weighted by molar-refractivity contribution is 5.85. The van der Waals surface area contributed by atoms with Gasteiger partial charge in [0.1, 0.15) is 0 Å². The molecule has 0 radical (unpaired) electrons. The van der Waals surface area contributed by atoms with E-state index < -0.39 is 0 Å².